The minimum atomic E-state index is -0.382. The second kappa shape index (κ2) is 16.6. The summed E-state index contributed by atoms with van der Waals surface area (Å²) in [6.07, 6.45) is 18.1. The summed E-state index contributed by atoms with van der Waals surface area (Å²) in [5, 5.41) is 0. The predicted molar refractivity (Wildman–Crippen MR) is 116 cm³/mol. The first-order chi connectivity index (χ1) is 13.2. The number of carbonyl (C=O) groups excluding carboxylic acids is 2. The molecule has 28 heavy (non-hydrogen) atoms. The smallest absolute Gasteiger partial charge is 0.306 e. The number of allylic oxidation sites excluding steroid dienone is 1. The average Bonchev–Trinajstić information content (AvgIpc) is 2.58. The van der Waals surface area contributed by atoms with Crippen LogP contribution in [0, 0.1) is 0 Å². The molecular formula is C24H44O4. The SMILES string of the molecule is CCCCCC[C@@H](C/C=C\CCCCCCCC(=O)OC(C)(C)C)OC(C)=O. The zero-order chi connectivity index (χ0) is 21.3. The van der Waals surface area contributed by atoms with Crippen LogP contribution in [0.25, 0.3) is 0 Å². The summed E-state index contributed by atoms with van der Waals surface area (Å²) in [7, 11) is 0. The number of hydrogen-bond donors (Lipinski definition) is 0. The first kappa shape index (κ1) is 26.7. The van der Waals surface area contributed by atoms with Gasteiger partial charge in [0.05, 0.1) is 0 Å². The molecule has 4 nitrogen and oxygen atoms in total. The Balaban J connectivity index is 3.72. The van der Waals surface area contributed by atoms with Crippen LogP contribution < -0.4 is 0 Å². The highest BCUT2D eigenvalue weighted by molar-refractivity contribution is 5.69. The molecule has 0 bridgehead atoms. The zero-order valence-electron chi connectivity index (χ0n) is 19.1. The average molecular weight is 397 g/mol. The molecule has 0 aromatic heterocycles. The van der Waals surface area contributed by atoms with Crippen molar-refractivity contribution < 1.29 is 19.1 Å². The molecular weight excluding hydrogens is 352 g/mol. The Morgan fingerprint density at radius 2 is 1.54 bits per heavy atom. The van der Waals surface area contributed by atoms with Crippen molar-refractivity contribution in [1.29, 1.82) is 0 Å². The Morgan fingerprint density at radius 3 is 2.18 bits per heavy atom. The lowest BCUT2D eigenvalue weighted by Gasteiger charge is -2.19. The van der Waals surface area contributed by atoms with Gasteiger partial charge in [-0.3, -0.25) is 9.59 Å². The Morgan fingerprint density at radius 1 is 0.893 bits per heavy atom. The molecule has 0 aliphatic rings. The van der Waals surface area contributed by atoms with E-state index >= 15 is 0 Å². The molecule has 0 amide bonds. The highest BCUT2D eigenvalue weighted by Gasteiger charge is 2.15. The zero-order valence-corrected chi connectivity index (χ0v) is 19.1. The van der Waals surface area contributed by atoms with E-state index in [1.54, 1.807) is 0 Å². The van der Waals surface area contributed by atoms with E-state index in [-0.39, 0.29) is 23.6 Å². The topological polar surface area (TPSA) is 52.6 Å². The molecule has 0 rings (SSSR count). The van der Waals surface area contributed by atoms with E-state index < -0.39 is 0 Å². The van der Waals surface area contributed by atoms with Crippen LogP contribution in [-0.2, 0) is 19.1 Å². The molecule has 0 aromatic rings. The standard InChI is InChI=1S/C24H44O4/c1-6-7-8-15-18-22(27-21(2)25)19-16-13-11-9-10-12-14-17-20-23(26)28-24(3,4)5/h13,16,22H,6-12,14-15,17-20H2,1-5H3/b16-13-/t22-/m0/s1. The molecule has 0 radical (unpaired) electrons. The van der Waals surface area contributed by atoms with Crippen molar-refractivity contribution in [1.82, 2.24) is 0 Å². The number of carbonyl (C=O) groups is 2. The van der Waals surface area contributed by atoms with Crippen LogP contribution in [0.15, 0.2) is 12.2 Å². The van der Waals surface area contributed by atoms with Crippen LogP contribution in [-0.4, -0.2) is 23.6 Å². The van der Waals surface area contributed by atoms with Crippen LogP contribution in [0.3, 0.4) is 0 Å². The molecule has 0 N–H and O–H groups in total. The third-order valence-electron chi connectivity index (χ3n) is 4.45. The summed E-state index contributed by atoms with van der Waals surface area (Å²) < 4.78 is 10.7. The van der Waals surface area contributed by atoms with Crippen molar-refractivity contribution in [2.24, 2.45) is 0 Å². The van der Waals surface area contributed by atoms with E-state index in [9.17, 15) is 9.59 Å². The van der Waals surface area contributed by atoms with E-state index in [4.69, 9.17) is 9.47 Å². The summed E-state index contributed by atoms with van der Waals surface area (Å²) in [6, 6.07) is 0. The largest absolute Gasteiger partial charge is 0.462 e. The number of ether oxygens (including phenoxy) is 2. The molecule has 0 saturated carbocycles. The number of hydrogen-bond acceptors (Lipinski definition) is 4. The second-order valence-electron chi connectivity index (χ2n) is 8.68. The number of esters is 2. The first-order valence-corrected chi connectivity index (χ1v) is 11.3. The minimum absolute atomic E-state index is 0.0264. The monoisotopic (exact) mass is 396 g/mol. The summed E-state index contributed by atoms with van der Waals surface area (Å²) in [5.41, 5.74) is -0.382. The van der Waals surface area contributed by atoms with E-state index in [1.165, 1.54) is 32.6 Å². The van der Waals surface area contributed by atoms with Gasteiger partial charge >= 0.3 is 11.9 Å². The van der Waals surface area contributed by atoms with Crippen molar-refractivity contribution in [3.63, 3.8) is 0 Å². The van der Waals surface area contributed by atoms with Crippen molar-refractivity contribution >= 4 is 11.9 Å². The molecule has 0 spiro atoms. The van der Waals surface area contributed by atoms with E-state index in [0.717, 1.165) is 51.4 Å². The van der Waals surface area contributed by atoms with Gasteiger partial charge in [-0.1, -0.05) is 57.6 Å². The second-order valence-corrected chi connectivity index (χ2v) is 8.68. The van der Waals surface area contributed by atoms with Crippen molar-refractivity contribution in [2.75, 3.05) is 0 Å². The minimum Gasteiger partial charge on any atom is -0.462 e. The summed E-state index contributed by atoms with van der Waals surface area (Å²) >= 11 is 0. The lowest BCUT2D eigenvalue weighted by atomic mass is 10.1. The molecule has 164 valence electrons. The van der Waals surface area contributed by atoms with Gasteiger partial charge in [-0.05, 0) is 52.9 Å². The Bertz CT molecular complexity index is 434. The van der Waals surface area contributed by atoms with Gasteiger partial charge in [0.1, 0.15) is 11.7 Å². The lowest BCUT2D eigenvalue weighted by molar-refractivity contribution is -0.155. The fourth-order valence-electron chi connectivity index (χ4n) is 3.08. The highest BCUT2D eigenvalue weighted by atomic mass is 16.6. The van der Waals surface area contributed by atoms with Crippen molar-refractivity contribution in [3.05, 3.63) is 12.2 Å². The van der Waals surface area contributed by atoms with Gasteiger partial charge < -0.3 is 9.47 Å². The normalized spacial score (nSPS) is 12.9. The van der Waals surface area contributed by atoms with Crippen molar-refractivity contribution in [2.45, 2.75) is 130 Å². The van der Waals surface area contributed by atoms with Crippen LogP contribution in [0.5, 0.6) is 0 Å². The molecule has 0 aliphatic heterocycles. The van der Waals surface area contributed by atoms with Crippen molar-refractivity contribution in [3.8, 4) is 0 Å². The van der Waals surface area contributed by atoms with Crippen LogP contribution in [0.2, 0.25) is 0 Å². The van der Waals surface area contributed by atoms with Gasteiger partial charge in [-0.2, -0.15) is 0 Å². The summed E-state index contributed by atoms with van der Waals surface area (Å²) in [6.45, 7) is 9.40. The molecule has 1 atom stereocenters. The lowest BCUT2D eigenvalue weighted by Crippen LogP contribution is -2.23. The van der Waals surface area contributed by atoms with Crippen LogP contribution >= 0.6 is 0 Å². The van der Waals surface area contributed by atoms with E-state index in [0.29, 0.717) is 6.42 Å². The van der Waals surface area contributed by atoms with Crippen LogP contribution in [0.1, 0.15) is 118 Å². The molecule has 0 unspecified atom stereocenters. The molecule has 0 saturated heterocycles. The molecule has 0 aliphatic carbocycles. The van der Waals surface area contributed by atoms with Gasteiger partial charge in [0, 0.05) is 19.8 Å². The Hall–Kier alpha value is -1.32. The van der Waals surface area contributed by atoms with E-state index in [2.05, 4.69) is 19.1 Å². The van der Waals surface area contributed by atoms with Crippen LogP contribution in [0.4, 0.5) is 0 Å². The Kier molecular flexibility index (Phi) is 15.8. The summed E-state index contributed by atoms with van der Waals surface area (Å²) in [4.78, 5) is 22.9. The van der Waals surface area contributed by atoms with Gasteiger partial charge in [0.2, 0.25) is 0 Å². The highest BCUT2D eigenvalue weighted by Crippen LogP contribution is 2.14. The third-order valence-corrected chi connectivity index (χ3v) is 4.45. The maximum atomic E-state index is 11.6. The van der Waals surface area contributed by atoms with Gasteiger partial charge in [-0.25, -0.2) is 0 Å². The molecule has 0 fully saturated rings. The summed E-state index contributed by atoms with van der Waals surface area (Å²) in [5.74, 6) is -0.271. The number of rotatable bonds is 16. The van der Waals surface area contributed by atoms with Gasteiger partial charge in [0.25, 0.3) is 0 Å². The Labute approximate surface area is 173 Å². The fourth-order valence-corrected chi connectivity index (χ4v) is 3.08. The molecule has 0 aromatic carbocycles. The van der Waals surface area contributed by atoms with Gasteiger partial charge in [0.15, 0.2) is 0 Å². The molecule has 0 heterocycles. The van der Waals surface area contributed by atoms with Gasteiger partial charge in [-0.15, -0.1) is 0 Å². The predicted octanol–water partition coefficient (Wildman–Crippen LogP) is 6.91. The maximum absolute atomic E-state index is 11.6. The first-order valence-electron chi connectivity index (χ1n) is 11.3. The third kappa shape index (κ3) is 19.4. The quantitative estimate of drug-likeness (QED) is 0.162. The molecule has 4 heteroatoms. The fraction of sp³-hybridized carbons (Fsp3) is 0.833. The maximum Gasteiger partial charge on any atom is 0.306 e. The van der Waals surface area contributed by atoms with E-state index in [1.807, 2.05) is 20.8 Å². The number of unbranched alkanes of at least 4 members (excludes halogenated alkanes) is 8.